The van der Waals surface area contributed by atoms with E-state index < -0.39 is 20.7 Å². The fourth-order valence-electron chi connectivity index (χ4n) is 2.63. The Hall–Kier alpha value is -1.51. The van der Waals surface area contributed by atoms with Gasteiger partial charge in [0.1, 0.15) is 10.7 Å². The van der Waals surface area contributed by atoms with Crippen LogP contribution < -0.4 is 10.5 Å². The van der Waals surface area contributed by atoms with Crippen molar-refractivity contribution in [3.63, 3.8) is 0 Å². The normalized spacial score (nSPS) is 22.6. The van der Waals surface area contributed by atoms with Crippen LogP contribution in [-0.2, 0) is 10.0 Å². The number of benzene rings is 1. The fourth-order valence-corrected chi connectivity index (χ4v) is 3.46. The van der Waals surface area contributed by atoms with Gasteiger partial charge >= 0.3 is 0 Å². The van der Waals surface area contributed by atoms with Crippen molar-refractivity contribution >= 4 is 15.9 Å². The smallest absolute Gasteiger partial charge is 0.254 e. The molecule has 1 amide bonds. The van der Waals surface area contributed by atoms with Gasteiger partial charge in [-0.25, -0.2) is 17.5 Å². The van der Waals surface area contributed by atoms with Gasteiger partial charge < -0.3 is 10.6 Å². The number of piperidine rings is 1. The van der Waals surface area contributed by atoms with E-state index in [4.69, 9.17) is 5.73 Å². The van der Waals surface area contributed by atoms with E-state index in [2.05, 4.69) is 0 Å². The second-order valence-corrected chi connectivity index (χ2v) is 7.34. The van der Waals surface area contributed by atoms with Crippen molar-refractivity contribution < 1.29 is 17.6 Å². The molecule has 8 heteroatoms. The first kappa shape index (κ1) is 16.9. The summed E-state index contributed by atoms with van der Waals surface area (Å²) in [6, 6.07) is 3.40. The Balaban J connectivity index is 2.33. The Morgan fingerprint density at radius 1 is 1.45 bits per heavy atom. The first-order valence-corrected chi connectivity index (χ1v) is 8.54. The molecule has 1 aromatic rings. The monoisotopic (exact) mass is 329 g/mol. The topological polar surface area (TPSA) is 92.5 Å². The molecule has 0 spiro atoms. The third-order valence-corrected chi connectivity index (χ3v) is 5.34. The number of amides is 1. The van der Waals surface area contributed by atoms with Crippen LogP contribution in [-0.4, -0.2) is 44.9 Å². The highest BCUT2D eigenvalue weighted by atomic mass is 32.2. The lowest BCUT2D eigenvalue weighted by molar-refractivity contribution is 0.0618. The summed E-state index contributed by atoms with van der Waals surface area (Å²) in [6.07, 6.45) is 1.38. The largest absolute Gasteiger partial charge is 0.336 e. The summed E-state index contributed by atoms with van der Waals surface area (Å²) >= 11 is 0. The average molecular weight is 329 g/mol. The number of hydrogen-bond acceptors (Lipinski definition) is 4. The predicted octanol–water partition coefficient (Wildman–Crippen LogP) is 0.686. The zero-order chi connectivity index (χ0) is 16.5. The van der Waals surface area contributed by atoms with Crippen LogP contribution in [0.3, 0.4) is 0 Å². The van der Waals surface area contributed by atoms with Gasteiger partial charge in [0.15, 0.2) is 0 Å². The Kier molecular flexibility index (Phi) is 4.84. The molecule has 1 aliphatic heterocycles. The molecule has 122 valence electrons. The number of hydrogen-bond donors (Lipinski definition) is 2. The minimum atomic E-state index is -3.95. The Morgan fingerprint density at radius 2 is 2.14 bits per heavy atom. The molecule has 1 fully saturated rings. The van der Waals surface area contributed by atoms with Gasteiger partial charge in [-0.3, -0.25) is 4.79 Å². The van der Waals surface area contributed by atoms with Gasteiger partial charge in [-0.15, -0.1) is 0 Å². The molecule has 0 radical (unpaired) electrons. The number of sulfonamides is 1. The SMILES string of the molecule is CNS(=O)(=O)c1cc(C(=O)N2CC[C@@H](N)C[C@@H]2C)ccc1F. The van der Waals surface area contributed by atoms with Crippen molar-refractivity contribution in [1.29, 1.82) is 0 Å². The zero-order valence-corrected chi connectivity index (χ0v) is 13.4. The molecule has 0 saturated carbocycles. The fraction of sp³-hybridized carbons (Fsp3) is 0.500. The van der Waals surface area contributed by atoms with Crippen LogP contribution in [0.2, 0.25) is 0 Å². The van der Waals surface area contributed by atoms with E-state index in [1.165, 1.54) is 13.1 Å². The summed E-state index contributed by atoms with van der Waals surface area (Å²) in [7, 11) is -2.76. The van der Waals surface area contributed by atoms with E-state index in [1.807, 2.05) is 11.6 Å². The van der Waals surface area contributed by atoms with Crippen molar-refractivity contribution in [2.24, 2.45) is 5.73 Å². The summed E-state index contributed by atoms with van der Waals surface area (Å²) in [5, 5.41) is 0. The van der Waals surface area contributed by atoms with Gasteiger partial charge in [0, 0.05) is 24.2 Å². The number of carbonyl (C=O) groups is 1. The number of nitrogens with two attached hydrogens (primary N) is 1. The second-order valence-electron chi connectivity index (χ2n) is 5.48. The molecule has 6 nitrogen and oxygen atoms in total. The van der Waals surface area contributed by atoms with Crippen LogP contribution in [0.4, 0.5) is 4.39 Å². The van der Waals surface area contributed by atoms with Crippen LogP contribution in [0.15, 0.2) is 23.1 Å². The van der Waals surface area contributed by atoms with Gasteiger partial charge in [0.25, 0.3) is 5.91 Å². The molecule has 1 saturated heterocycles. The quantitative estimate of drug-likeness (QED) is 0.853. The Labute approximate surface area is 129 Å². The highest BCUT2D eigenvalue weighted by molar-refractivity contribution is 7.89. The lowest BCUT2D eigenvalue weighted by atomic mass is 9.98. The number of likely N-dealkylation sites (tertiary alicyclic amines) is 1. The highest BCUT2D eigenvalue weighted by Gasteiger charge is 2.29. The van der Waals surface area contributed by atoms with E-state index in [0.717, 1.165) is 12.1 Å². The van der Waals surface area contributed by atoms with E-state index in [0.29, 0.717) is 19.4 Å². The van der Waals surface area contributed by atoms with E-state index in [-0.39, 0.29) is 23.6 Å². The van der Waals surface area contributed by atoms with Crippen molar-refractivity contribution in [1.82, 2.24) is 9.62 Å². The lowest BCUT2D eigenvalue weighted by Crippen LogP contribution is -2.48. The summed E-state index contributed by atoms with van der Waals surface area (Å²) in [5.74, 6) is -1.20. The second kappa shape index (κ2) is 6.31. The van der Waals surface area contributed by atoms with Gasteiger partial charge in [0.05, 0.1) is 0 Å². The molecular weight excluding hydrogens is 309 g/mol. The molecule has 0 bridgehead atoms. The summed E-state index contributed by atoms with van der Waals surface area (Å²) in [4.78, 5) is 13.7. The molecule has 22 heavy (non-hydrogen) atoms. The first-order chi connectivity index (χ1) is 10.3. The maximum atomic E-state index is 13.7. The molecule has 3 N–H and O–H groups in total. The van der Waals surface area contributed by atoms with Gasteiger partial charge in [0.2, 0.25) is 10.0 Å². The maximum absolute atomic E-state index is 13.7. The lowest BCUT2D eigenvalue weighted by Gasteiger charge is -2.36. The minimum absolute atomic E-state index is 0.0364. The maximum Gasteiger partial charge on any atom is 0.254 e. The molecule has 1 aromatic carbocycles. The number of nitrogens with zero attached hydrogens (tertiary/aromatic N) is 1. The van der Waals surface area contributed by atoms with Crippen LogP contribution in [0.1, 0.15) is 30.1 Å². The first-order valence-electron chi connectivity index (χ1n) is 7.06. The van der Waals surface area contributed by atoms with Gasteiger partial charge in [-0.2, -0.15) is 0 Å². The van der Waals surface area contributed by atoms with Crippen LogP contribution in [0, 0.1) is 5.82 Å². The number of halogens is 1. The van der Waals surface area contributed by atoms with Crippen molar-refractivity contribution in [3.8, 4) is 0 Å². The highest BCUT2D eigenvalue weighted by Crippen LogP contribution is 2.21. The molecule has 1 aliphatic rings. The molecular formula is C14H20FN3O3S. The van der Waals surface area contributed by atoms with E-state index >= 15 is 0 Å². The number of carbonyl (C=O) groups excluding carboxylic acids is 1. The van der Waals surface area contributed by atoms with Crippen LogP contribution in [0.25, 0.3) is 0 Å². The zero-order valence-electron chi connectivity index (χ0n) is 12.5. The number of nitrogens with one attached hydrogen (secondary N) is 1. The van der Waals surface area contributed by atoms with Gasteiger partial charge in [-0.1, -0.05) is 0 Å². The molecule has 0 aliphatic carbocycles. The van der Waals surface area contributed by atoms with E-state index in [1.54, 1.807) is 4.90 Å². The molecule has 2 atom stereocenters. The van der Waals surface area contributed by atoms with Gasteiger partial charge in [-0.05, 0) is 45.0 Å². The molecule has 0 aromatic heterocycles. The van der Waals surface area contributed by atoms with Crippen molar-refractivity contribution in [2.75, 3.05) is 13.6 Å². The Bertz CT molecular complexity index is 678. The van der Waals surface area contributed by atoms with Crippen LogP contribution >= 0.6 is 0 Å². The molecule has 1 heterocycles. The van der Waals surface area contributed by atoms with Crippen LogP contribution in [0.5, 0.6) is 0 Å². The average Bonchev–Trinajstić information content (AvgIpc) is 2.47. The molecule has 0 unspecified atom stereocenters. The summed E-state index contributed by atoms with van der Waals surface area (Å²) in [5.41, 5.74) is 6.02. The summed E-state index contributed by atoms with van der Waals surface area (Å²) in [6.45, 7) is 2.40. The van der Waals surface area contributed by atoms with E-state index in [9.17, 15) is 17.6 Å². The summed E-state index contributed by atoms with van der Waals surface area (Å²) < 4.78 is 39.3. The molecule has 2 rings (SSSR count). The third-order valence-electron chi connectivity index (χ3n) is 3.91. The predicted molar refractivity (Wildman–Crippen MR) is 80.4 cm³/mol. The number of rotatable bonds is 3. The van der Waals surface area contributed by atoms with Crippen molar-refractivity contribution in [2.45, 2.75) is 36.7 Å². The minimum Gasteiger partial charge on any atom is -0.336 e. The standard InChI is InChI=1S/C14H20FN3O3S/c1-9-7-11(16)5-6-18(9)14(19)10-3-4-12(15)13(8-10)22(20,21)17-2/h3-4,8-9,11,17H,5-7,16H2,1-2H3/t9-,11+/m0/s1. The Morgan fingerprint density at radius 3 is 2.73 bits per heavy atom. The third kappa shape index (κ3) is 3.29. The van der Waals surface area contributed by atoms with Crippen molar-refractivity contribution in [3.05, 3.63) is 29.6 Å².